The molecule has 0 amide bonds. The molecule has 21 heavy (non-hydrogen) atoms. The predicted octanol–water partition coefficient (Wildman–Crippen LogP) is 3.68. The highest BCUT2D eigenvalue weighted by Gasteiger charge is 2.27. The van der Waals surface area contributed by atoms with Crippen LogP contribution < -0.4 is 5.32 Å². The number of carbonyl (C=O) groups is 1. The second kappa shape index (κ2) is 6.11. The molecule has 2 rings (SSSR count). The van der Waals surface area contributed by atoms with Gasteiger partial charge in [0.2, 0.25) is 0 Å². The highest BCUT2D eigenvalue weighted by molar-refractivity contribution is 5.89. The largest absolute Gasteiger partial charge is 0.478 e. The number of hydrogen-bond acceptors (Lipinski definition) is 4. The molecule has 6 nitrogen and oxygen atoms in total. The number of anilines is 1. The lowest BCUT2D eigenvalue weighted by Gasteiger charge is -2.33. The number of nitrogens with zero attached hydrogens (tertiary/aromatic N) is 1. The molecule has 0 aromatic heterocycles. The molecule has 1 aromatic carbocycles. The molecule has 2 N–H and O–H groups in total. The Kier molecular flexibility index (Phi) is 4.45. The Hall–Kier alpha value is -2.11. The van der Waals surface area contributed by atoms with Gasteiger partial charge < -0.3 is 10.4 Å². The third-order valence-corrected chi connectivity index (χ3v) is 4.21. The third-order valence-electron chi connectivity index (χ3n) is 4.21. The van der Waals surface area contributed by atoms with Gasteiger partial charge in [-0.1, -0.05) is 26.2 Å². The SMILES string of the molecule is CC1(CNc2ccc(C(=O)O)cc2[N+](=O)[O-])CCCCC1. The van der Waals surface area contributed by atoms with Crippen LogP contribution in [0.2, 0.25) is 0 Å². The number of rotatable bonds is 5. The number of carboxylic acids is 1. The minimum Gasteiger partial charge on any atom is -0.478 e. The molecule has 1 aromatic rings. The lowest BCUT2D eigenvalue weighted by molar-refractivity contribution is -0.384. The first-order valence-electron chi connectivity index (χ1n) is 7.17. The molecule has 1 saturated carbocycles. The first kappa shape index (κ1) is 15.3. The Morgan fingerprint density at radius 2 is 2.05 bits per heavy atom. The number of nitro groups is 1. The fourth-order valence-corrected chi connectivity index (χ4v) is 2.86. The Morgan fingerprint density at radius 3 is 2.62 bits per heavy atom. The Labute approximate surface area is 123 Å². The smallest absolute Gasteiger partial charge is 0.335 e. The molecule has 1 aliphatic rings. The number of aromatic carboxylic acids is 1. The fraction of sp³-hybridized carbons (Fsp3) is 0.533. The molecule has 0 atom stereocenters. The van der Waals surface area contributed by atoms with Gasteiger partial charge in [-0.3, -0.25) is 10.1 Å². The molecule has 0 saturated heterocycles. The zero-order valence-corrected chi connectivity index (χ0v) is 12.1. The Balaban J connectivity index is 2.15. The lowest BCUT2D eigenvalue weighted by Crippen LogP contribution is -2.29. The molecule has 1 fully saturated rings. The Bertz CT molecular complexity index is 551. The summed E-state index contributed by atoms with van der Waals surface area (Å²) >= 11 is 0. The van der Waals surface area contributed by atoms with E-state index in [9.17, 15) is 14.9 Å². The van der Waals surface area contributed by atoms with Crippen molar-refractivity contribution in [2.24, 2.45) is 5.41 Å². The van der Waals surface area contributed by atoms with E-state index in [1.807, 2.05) is 0 Å². The van der Waals surface area contributed by atoms with Crippen LogP contribution in [0.4, 0.5) is 11.4 Å². The van der Waals surface area contributed by atoms with Crippen molar-refractivity contribution >= 4 is 17.3 Å². The number of nitrogens with one attached hydrogen (secondary N) is 1. The van der Waals surface area contributed by atoms with E-state index in [1.165, 1.54) is 31.4 Å². The van der Waals surface area contributed by atoms with Crippen molar-refractivity contribution in [2.45, 2.75) is 39.0 Å². The van der Waals surface area contributed by atoms with Gasteiger partial charge >= 0.3 is 5.97 Å². The number of benzene rings is 1. The molecule has 0 unspecified atom stereocenters. The predicted molar refractivity (Wildman–Crippen MR) is 79.7 cm³/mol. The zero-order chi connectivity index (χ0) is 15.5. The number of carboxylic acid groups (broad SMARTS) is 1. The molecular weight excluding hydrogens is 272 g/mol. The van der Waals surface area contributed by atoms with Crippen molar-refractivity contribution in [3.8, 4) is 0 Å². The quantitative estimate of drug-likeness (QED) is 0.638. The van der Waals surface area contributed by atoms with Gasteiger partial charge in [0.15, 0.2) is 0 Å². The van der Waals surface area contributed by atoms with Gasteiger partial charge in [-0.15, -0.1) is 0 Å². The fourth-order valence-electron chi connectivity index (χ4n) is 2.86. The maximum atomic E-state index is 11.1. The van der Waals surface area contributed by atoms with Crippen LogP contribution in [0.15, 0.2) is 18.2 Å². The third kappa shape index (κ3) is 3.71. The van der Waals surface area contributed by atoms with Crippen molar-refractivity contribution in [3.05, 3.63) is 33.9 Å². The molecule has 0 heterocycles. The highest BCUT2D eigenvalue weighted by Crippen LogP contribution is 2.36. The second-order valence-corrected chi connectivity index (χ2v) is 6.02. The summed E-state index contributed by atoms with van der Waals surface area (Å²) in [6.07, 6.45) is 5.86. The van der Waals surface area contributed by atoms with E-state index < -0.39 is 10.9 Å². The van der Waals surface area contributed by atoms with Gasteiger partial charge in [-0.2, -0.15) is 0 Å². The van der Waals surface area contributed by atoms with Crippen LogP contribution in [0, 0.1) is 15.5 Å². The molecule has 6 heteroatoms. The second-order valence-electron chi connectivity index (χ2n) is 6.02. The highest BCUT2D eigenvalue weighted by atomic mass is 16.6. The summed E-state index contributed by atoms with van der Waals surface area (Å²) in [5.74, 6) is -1.16. The zero-order valence-electron chi connectivity index (χ0n) is 12.1. The number of hydrogen-bond donors (Lipinski definition) is 2. The van der Waals surface area contributed by atoms with E-state index in [4.69, 9.17) is 5.11 Å². The van der Waals surface area contributed by atoms with Crippen LogP contribution in [-0.2, 0) is 0 Å². The van der Waals surface area contributed by atoms with E-state index in [2.05, 4.69) is 12.2 Å². The summed E-state index contributed by atoms with van der Waals surface area (Å²) in [4.78, 5) is 21.5. The minimum atomic E-state index is -1.16. The molecule has 114 valence electrons. The molecular formula is C15H20N2O4. The number of nitro benzene ring substituents is 1. The van der Waals surface area contributed by atoms with Crippen molar-refractivity contribution in [3.63, 3.8) is 0 Å². The molecule has 0 radical (unpaired) electrons. The van der Waals surface area contributed by atoms with Gasteiger partial charge in [0, 0.05) is 12.6 Å². The maximum Gasteiger partial charge on any atom is 0.335 e. The topological polar surface area (TPSA) is 92.5 Å². The average molecular weight is 292 g/mol. The van der Waals surface area contributed by atoms with Gasteiger partial charge in [0.1, 0.15) is 5.69 Å². The van der Waals surface area contributed by atoms with E-state index in [-0.39, 0.29) is 16.7 Å². The van der Waals surface area contributed by atoms with Crippen LogP contribution in [0.3, 0.4) is 0 Å². The van der Waals surface area contributed by atoms with Crippen molar-refractivity contribution in [2.75, 3.05) is 11.9 Å². The van der Waals surface area contributed by atoms with E-state index in [0.717, 1.165) is 18.9 Å². The van der Waals surface area contributed by atoms with E-state index in [1.54, 1.807) is 0 Å². The first-order chi connectivity index (χ1) is 9.91. The summed E-state index contributed by atoms with van der Waals surface area (Å²) in [7, 11) is 0. The summed E-state index contributed by atoms with van der Waals surface area (Å²) < 4.78 is 0. The summed E-state index contributed by atoms with van der Waals surface area (Å²) in [5.41, 5.74) is 0.277. The van der Waals surface area contributed by atoms with Crippen LogP contribution >= 0.6 is 0 Å². The van der Waals surface area contributed by atoms with E-state index in [0.29, 0.717) is 12.2 Å². The van der Waals surface area contributed by atoms with Crippen LogP contribution in [0.25, 0.3) is 0 Å². The van der Waals surface area contributed by atoms with Crippen molar-refractivity contribution < 1.29 is 14.8 Å². The maximum absolute atomic E-state index is 11.1. The first-order valence-corrected chi connectivity index (χ1v) is 7.17. The van der Waals surface area contributed by atoms with Gasteiger partial charge in [-0.05, 0) is 30.4 Å². The van der Waals surface area contributed by atoms with Crippen molar-refractivity contribution in [1.29, 1.82) is 0 Å². The molecule has 1 aliphatic carbocycles. The monoisotopic (exact) mass is 292 g/mol. The van der Waals surface area contributed by atoms with Crippen LogP contribution in [0.1, 0.15) is 49.4 Å². The lowest BCUT2D eigenvalue weighted by atomic mass is 9.75. The van der Waals surface area contributed by atoms with E-state index >= 15 is 0 Å². The standard InChI is InChI=1S/C15H20N2O4/c1-15(7-3-2-4-8-15)10-16-12-6-5-11(14(18)19)9-13(12)17(20)21/h5-6,9,16H,2-4,7-8,10H2,1H3,(H,18,19). The van der Waals surface area contributed by atoms with Gasteiger partial charge in [0.05, 0.1) is 10.5 Å². The average Bonchev–Trinajstić information content (AvgIpc) is 2.45. The Morgan fingerprint density at radius 1 is 1.38 bits per heavy atom. The van der Waals surface area contributed by atoms with Crippen LogP contribution in [-0.4, -0.2) is 22.5 Å². The molecule has 0 spiro atoms. The van der Waals surface area contributed by atoms with Crippen LogP contribution in [0.5, 0.6) is 0 Å². The molecule has 0 aliphatic heterocycles. The van der Waals surface area contributed by atoms with Gasteiger partial charge in [-0.25, -0.2) is 4.79 Å². The summed E-state index contributed by atoms with van der Waals surface area (Å²) in [6, 6.07) is 3.97. The minimum absolute atomic E-state index is 0.0730. The van der Waals surface area contributed by atoms with Gasteiger partial charge in [0.25, 0.3) is 5.69 Å². The normalized spacial score (nSPS) is 17.2. The van der Waals surface area contributed by atoms with Crippen molar-refractivity contribution in [1.82, 2.24) is 0 Å². The summed E-state index contributed by atoms with van der Waals surface area (Å²) in [6.45, 7) is 2.86. The molecule has 0 bridgehead atoms. The summed E-state index contributed by atoms with van der Waals surface area (Å²) in [5, 5.41) is 23.2.